The summed E-state index contributed by atoms with van der Waals surface area (Å²) < 4.78 is 81.2. The van der Waals surface area contributed by atoms with Crippen molar-refractivity contribution in [3.63, 3.8) is 0 Å². The largest absolute Gasteiger partial charge is 0.462 e. The summed E-state index contributed by atoms with van der Waals surface area (Å²) >= 11 is 0. The molecule has 0 N–H and O–H groups in total. The zero-order valence-electron chi connectivity index (χ0n) is 12.6. The molecule has 0 saturated carbocycles. The quantitative estimate of drug-likeness (QED) is 0.533. The summed E-state index contributed by atoms with van der Waals surface area (Å²) in [5, 5.41) is 0. The van der Waals surface area contributed by atoms with Crippen LogP contribution in [0.3, 0.4) is 0 Å². The normalized spacial score (nSPS) is 15.8. The number of esters is 1. The van der Waals surface area contributed by atoms with Crippen LogP contribution >= 0.6 is 0 Å². The van der Waals surface area contributed by atoms with Gasteiger partial charge in [-0.25, -0.2) is 0 Å². The van der Waals surface area contributed by atoms with Crippen molar-refractivity contribution in [2.75, 3.05) is 0 Å². The lowest BCUT2D eigenvalue weighted by Gasteiger charge is -2.36. The first-order valence-electron chi connectivity index (χ1n) is 6.43. The zero-order chi connectivity index (χ0) is 17.3. The Bertz CT molecular complexity index is 356. The Hall–Kier alpha value is -0.950. The number of carbonyl (C=O) groups excluding carboxylic acids is 1. The van der Waals surface area contributed by atoms with Gasteiger partial charge in [0.05, 0.1) is 5.41 Å². The lowest BCUT2D eigenvalue weighted by atomic mass is 9.83. The molecule has 0 bridgehead atoms. The van der Waals surface area contributed by atoms with E-state index in [1.807, 2.05) is 0 Å². The highest BCUT2D eigenvalue weighted by Gasteiger charge is 2.67. The van der Waals surface area contributed by atoms with Gasteiger partial charge in [-0.15, -0.1) is 0 Å². The highest BCUT2D eigenvalue weighted by atomic mass is 19.4. The third kappa shape index (κ3) is 4.51. The Kier molecular flexibility index (Phi) is 5.77. The predicted molar refractivity (Wildman–Crippen MR) is 64.5 cm³/mol. The second-order valence-electron chi connectivity index (χ2n) is 5.99. The van der Waals surface area contributed by atoms with Crippen molar-refractivity contribution in [1.82, 2.24) is 0 Å². The van der Waals surface area contributed by atoms with E-state index in [1.165, 1.54) is 13.8 Å². The third-order valence-corrected chi connectivity index (χ3v) is 3.69. The van der Waals surface area contributed by atoms with Crippen LogP contribution in [-0.2, 0) is 9.53 Å². The van der Waals surface area contributed by atoms with Crippen LogP contribution in [0.4, 0.5) is 26.3 Å². The van der Waals surface area contributed by atoms with Gasteiger partial charge in [0.25, 0.3) is 0 Å². The average Bonchev–Trinajstić information content (AvgIpc) is 2.25. The van der Waals surface area contributed by atoms with Gasteiger partial charge in [-0.3, -0.25) is 4.79 Å². The number of carbonyl (C=O) groups is 1. The Morgan fingerprint density at radius 2 is 1.38 bits per heavy atom. The molecule has 0 fully saturated rings. The van der Waals surface area contributed by atoms with Crippen molar-refractivity contribution < 1.29 is 35.9 Å². The summed E-state index contributed by atoms with van der Waals surface area (Å²) in [5.41, 5.74) is -4.88. The van der Waals surface area contributed by atoms with E-state index in [-0.39, 0.29) is 6.92 Å². The fourth-order valence-electron chi connectivity index (χ4n) is 1.50. The molecular weight excluding hydrogens is 302 g/mol. The van der Waals surface area contributed by atoms with Gasteiger partial charge in [-0.05, 0) is 34.1 Å². The summed E-state index contributed by atoms with van der Waals surface area (Å²) in [7, 11) is 0. The Morgan fingerprint density at radius 1 is 1.00 bits per heavy atom. The van der Waals surface area contributed by atoms with Crippen LogP contribution in [0, 0.1) is 10.8 Å². The number of hydrogen-bond acceptors (Lipinski definition) is 2. The maximum atomic E-state index is 12.7. The van der Waals surface area contributed by atoms with Gasteiger partial charge in [-0.2, -0.15) is 26.3 Å². The van der Waals surface area contributed by atoms with Gasteiger partial charge in [0.1, 0.15) is 6.10 Å². The van der Waals surface area contributed by atoms with E-state index in [4.69, 9.17) is 4.74 Å². The highest BCUT2D eigenvalue weighted by Crippen LogP contribution is 2.53. The van der Waals surface area contributed by atoms with E-state index in [0.29, 0.717) is 6.42 Å². The van der Waals surface area contributed by atoms with Gasteiger partial charge in [0, 0.05) is 6.42 Å². The molecule has 0 spiro atoms. The van der Waals surface area contributed by atoms with E-state index < -0.39 is 41.7 Å². The second-order valence-corrected chi connectivity index (χ2v) is 5.99. The molecule has 2 nitrogen and oxygen atoms in total. The molecular formula is C13H20F6O2. The minimum atomic E-state index is -5.48. The summed E-state index contributed by atoms with van der Waals surface area (Å²) in [6.45, 7) is 5.78. The van der Waals surface area contributed by atoms with E-state index in [1.54, 1.807) is 6.92 Å². The van der Waals surface area contributed by atoms with E-state index in [9.17, 15) is 31.1 Å². The summed E-state index contributed by atoms with van der Waals surface area (Å²) in [4.78, 5) is 11.7. The molecule has 1 unspecified atom stereocenters. The van der Waals surface area contributed by atoms with Crippen molar-refractivity contribution in [2.24, 2.45) is 10.8 Å². The summed E-state index contributed by atoms with van der Waals surface area (Å²) in [6, 6.07) is 0. The molecule has 0 rings (SSSR count). The third-order valence-electron chi connectivity index (χ3n) is 3.69. The molecule has 0 saturated heterocycles. The first kappa shape index (κ1) is 20.1. The van der Waals surface area contributed by atoms with Gasteiger partial charge < -0.3 is 4.74 Å². The SMILES string of the molecule is CCC(C)(C)C(=O)OC(C)CC(C)(C(F)(F)F)C(F)(F)F. The predicted octanol–water partition coefficient (Wildman–Crippen LogP) is 4.88. The van der Waals surface area contributed by atoms with Crippen LogP contribution in [0.1, 0.15) is 47.5 Å². The lowest BCUT2D eigenvalue weighted by Crippen LogP contribution is -2.50. The van der Waals surface area contributed by atoms with E-state index >= 15 is 0 Å². The zero-order valence-corrected chi connectivity index (χ0v) is 12.6. The molecule has 0 aromatic heterocycles. The number of alkyl halides is 6. The topological polar surface area (TPSA) is 26.3 Å². The number of halogens is 6. The number of rotatable bonds is 5. The molecule has 0 aromatic rings. The number of hydrogen-bond donors (Lipinski definition) is 0. The summed E-state index contributed by atoms with van der Waals surface area (Å²) in [6.07, 6.45) is -13.5. The molecule has 0 aliphatic rings. The summed E-state index contributed by atoms with van der Waals surface area (Å²) in [5.74, 6) is -0.816. The van der Waals surface area contributed by atoms with Crippen LogP contribution in [0.2, 0.25) is 0 Å². The fraction of sp³-hybridized carbons (Fsp3) is 0.923. The van der Waals surface area contributed by atoms with Crippen LogP contribution in [0.5, 0.6) is 0 Å². The van der Waals surface area contributed by atoms with Crippen molar-refractivity contribution in [3.05, 3.63) is 0 Å². The minimum absolute atomic E-state index is 0.0717. The van der Waals surface area contributed by atoms with Gasteiger partial charge >= 0.3 is 18.3 Å². The van der Waals surface area contributed by atoms with Crippen LogP contribution in [-0.4, -0.2) is 24.4 Å². The van der Waals surface area contributed by atoms with Gasteiger partial charge in [-0.1, -0.05) is 6.92 Å². The van der Waals surface area contributed by atoms with Gasteiger partial charge in [0.2, 0.25) is 0 Å². The average molecular weight is 322 g/mol. The molecule has 8 heteroatoms. The molecule has 0 aliphatic carbocycles. The monoisotopic (exact) mass is 322 g/mol. The Balaban J connectivity index is 5.12. The lowest BCUT2D eigenvalue weighted by molar-refractivity contribution is -0.341. The van der Waals surface area contributed by atoms with E-state index in [2.05, 4.69) is 0 Å². The molecule has 0 radical (unpaired) electrons. The van der Waals surface area contributed by atoms with Crippen LogP contribution in [0.25, 0.3) is 0 Å². The molecule has 0 aromatic carbocycles. The molecule has 126 valence electrons. The van der Waals surface area contributed by atoms with Crippen molar-refractivity contribution in [3.8, 4) is 0 Å². The first-order chi connectivity index (χ1) is 9.08. The van der Waals surface area contributed by atoms with E-state index in [0.717, 1.165) is 6.92 Å². The van der Waals surface area contributed by atoms with Gasteiger partial charge in [0.15, 0.2) is 5.41 Å². The van der Waals surface area contributed by atoms with Crippen molar-refractivity contribution >= 4 is 5.97 Å². The van der Waals surface area contributed by atoms with Crippen LogP contribution in [0.15, 0.2) is 0 Å². The molecule has 21 heavy (non-hydrogen) atoms. The molecule has 1 atom stereocenters. The first-order valence-corrected chi connectivity index (χ1v) is 6.43. The van der Waals surface area contributed by atoms with Crippen LogP contribution < -0.4 is 0 Å². The Labute approximate surface area is 119 Å². The van der Waals surface area contributed by atoms with Crippen molar-refractivity contribution in [1.29, 1.82) is 0 Å². The maximum Gasteiger partial charge on any atom is 0.403 e. The smallest absolute Gasteiger partial charge is 0.403 e. The highest BCUT2D eigenvalue weighted by molar-refractivity contribution is 5.75. The Morgan fingerprint density at radius 3 is 1.67 bits per heavy atom. The number of ether oxygens (including phenoxy) is 1. The molecule has 0 amide bonds. The standard InChI is InChI=1S/C13H20F6O2/c1-6-10(3,4)9(20)21-8(2)7-11(5,12(14,15)16)13(17,18)19/h8H,6-7H2,1-5H3. The van der Waals surface area contributed by atoms with Crippen molar-refractivity contribution in [2.45, 2.75) is 65.9 Å². The maximum absolute atomic E-state index is 12.7. The fourth-order valence-corrected chi connectivity index (χ4v) is 1.50. The molecule has 0 aliphatic heterocycles. The minimum Gasteiger partial charge on any atom is -0.462 e. The molecule has 0 heterocycles. The second kappa shape index (κ2) is 6.04.